The minimum atomic E-state index is -0.816. The lowest BCUT2D eigenvalue weighted by molar-refractivity contribution is 0.205. The van der Waals surface area contributed by atoms with Gasteiger partial charge in [-0.05, 0) is 52.5 Å². The molecule has 0 aliphatic rings. The number of benzene rings is 1. The monoisotopic (exact) mass is 326 g/mol. The van der Waals surface area contributed by atoms with Crippen LogP contribution in [-0.2, 0) is 6.54 Å². The first-order valence-corrected chi connectivity index (χ1v) is 6.99. The lowest BCUT2D eigenvalue weighted by atomic mass is 10.0. The number of hydrogen-bond donors (Lipinski definition) is 1. The van der Waals surface area contributed by atoms with E-state index in [0.29, 0.717) is 11.3 Å². The first-order chi connectivity index (χ1) is 9.04. The summed E-state index contributed by atoms with van der Waals surface area (Å²) in [6.45, 7) is 4.57. The zero-order chi connectivity index (χ0) is 14.0. The Balaban J connectivity index is 2.43. The molecule has 5 heteroatoms. The Bertz CT molecular complexity index is 583. The fraction of sp³-hybridized carbons (Fsp3) is 0.357. The third-order valence-electron chi connectivity index (χ3n) is 3.05. The minimum Gasteiger partial charge on any atom is -0.382 e. The molecule has 2 aromatic rings. The largest absolute Gasteiger partial charge is 0.382 e. The van der Waals surface area contributed by atoms with Crippen LogP contribution in [0.15, 0.2) is 28.9 Å². The number of nitrogens with zero attached hydrogens (tertiary/aromatic N) is 2. The lowest BCUT2D eigenvalue weighted by Crippen LogP contribution is -2.11. The second-order valence-electron chi connectivity index (χ2n) is 4.50. The highest BCUT2D eigenvalue weighted by molar-refractivity contribution is 9.10. The lowest BCUT2D eigenvalue weighted by Gasteiger charge is -2.16. The Morgan fingerprint density at radius 1 is 1.47 bits per heavy atom. The van der Waals surface area contributed by atoms with Crippen molar-refractivity contribution < 1.29 is 9.50 Å². The van der Waals surface area contributed by atoms with Crippen molar-refractivity contribution in [1.82, 2.24) is 9.78 Å². The third-order valence-corrected chi connectivity index (χ3v) is 3.67. The molecule has 102 valence electrons. The molecule has 0 radical (unpaired) electrons. The van der Waals surface area contributed by atoms with Gasteiger partial charge < -0.3 is 5.11 Å². The summed E-state index contributed by atoms with van der Waals surface area (Å²) in [5.41, 5.74) is 2.13. The maximum absolute atomic E-state index is 13.1. The van der Waals surface area contributed by atoms with Gasteiger partial charge >= 0.3 is 0 Å². The Morgan fingerprint density at radius 3 is 2.84 bits per heavy atom. The Hall–Kier alpha value is -1.20. The van der Waals surface area contributed by atoms with Crippen molar-refractivity contribution in [2.75, 3.05) is 0 Å². The number of aliphatic hydroxyl groups excluding tert-OH is 1. The maximum Gasteiger partial charge on any atom is 0.123 e. The van der Waals surface area contributed by atoms with Crippen molar-refractivity contribution >= 4 is 15.9 Å². The summed E-state index contributed by atoms with van der Waals surface area (Å²) in [5.74, 6) is -0.297. The molecule has 0 aliphatic heterocycles. The van der Waals surface area contributed by atoms with Crippen LogP contribution >= 0.6 is 15.9 Å². The molecule has 1 atom stereocenters. The highest BCUT2D eigenvalue weighted by Crippen LogP contribution is 2.30. The molecule has 0 spiro atoms. The summed E-state index contributed by atoms with van der Waals surface area (Å²) in [7, 11) is 0. The van der Waals surface area contributed by atoms with Crippen molar-refractivity contribution in [1.29, 1.82) is 0 Å². The first kappa shape index (κ1) is 14.2. The number of halogens is 2. The molecule has 19 heavy (non-hydrogen) atoms. The van der Waals surface area contributed by atoms with Crippen molar-refractivity contribution in [3.8, 4) is 0 Å². The van der Waals surface area contributed by atoms with Gasteiger partial charge in [0, 0.05) is 6.54 Å². The van der Waals surface area contributed by atoms with Crippen LogP contribution in [0.25, 0.3) is 0 Å². The molecule has 0 fully saturated rings. The van der Waals surface area contributed by atoms with Crippen LogP contribution in [0.4, 0.5) is 4.39 Å². The van der Waals surface area contributed by atoms with E-state index in [1.165, 1.54) is 12.1 Å². The first-order valence-electron chi connectivity index (χ1n) is 6.20. The molecule has 1 aromatic heterocycles. The van der Waals surface area contributed by atoms with Gasteiger partial charge in [0.1, 0.15) is 11.9 Å². The van der Waals surface area contributed by atoms with E-state index in [1.54, 1.807) is 23.9 Å². The van der Waals surface area contributed by atoms with Crippen LogP contribution in [0.1, 0.15) is 36.3 Å². The van der Waals surface area contributed by atoms with E-state index in [0.717, 1.165) is 23.0 Å². The smallest absolute Gasteiger partial charge is 0.123 e. The van der Waals surface area contributed by atoms with Crippen LogP contribution in [0, 0.1) is 12.7 Å². The normalized spacial score (nSPS) is 12.7. The summed E-state index contributed by atoms with van der Waals surface area (Å²) in [5, 5.41) is 14.8. The Labute approximate surface area is 120 Å². The predicted octanol–water partition coefficient (Wildman–Crippen LogP) is 3.58. The van der Waals surface area contributed by atoms with E-state index in [2.05, 4.69) is 28.0 Å². The summed E-state index contributed by atoms with van der Waals surface area (Å²) in [6, 6.07) is 4.40. The van der Waals surface area contributed by atoms with Crippen LogP contribution in [-0.4, -0.2) is 14.9 Å². The summed E-state index contributed by atoms with van der Waals surface area (Å²) in [4.78, 5) is 0. The van der Waals surface area contributed by atoms with E-state index in [1.807, 2.05) is 0 Å². The highest BCUT2D eigenvalue weighted by Gasteiger charge is 2.21. The quantitative estimate of drug-likeness (QED) is 0.932. The second kappa shape index (κ2) is 5.84. The molecular weight excluding hydrogens is 311 g/mol. The molecule has 1 aromatic carbocycles. The average Bonchev–Trinajstić information content (AvgIpc) is 2.70. The van der Waals surface area contributed by atoms with Crippen LogP contribution in [0.5, 0.6) is 0 Å². The van der Waals surface area contributed by atoms with Gasteiger partial charge in [-0.1, -0.05) is 13.0 Å². The number of aryl methyl sites for hydroxylation is 2. The fourth-order valence-corrected chi connectivity index (χ4v) is 2.64. The molecule has 1 unspecified atom stereocenters. The van der Waals surface area contributed by atoms with E-state index in [-0.39, 0.29) is 5.82 Å². The summed E-state index contributed by atoms with van der Waals surface area (Å²) in [6.07, 6.45) is 1.78. The van der Waals surface area contributed by atoms with E-state index >= 15 is 0 Å². The third kappa shape index (κ3) is 2.87. The van der Waals surface area contributed by atoms with Gasteiger partial charge in [-0.15, -0.1) is 0 Å². The highest BCUT2D eigenvalue weighted by atomic mass is 79.9. The SMILES string of the molecule is CCCn1ncc(Br)c1C(O)c1ccc(F)cc1C. The van der Waals surface area contributed by atoms with Gasteiger partial charge in [-0.3, -0.25) is 4.68 Å². The van der Waals surface area contributed by atoms with Crippen LogP contribution in [0.2, 0.25) is 0 Å². The molecule has 0 saturated heterocycles. The standard InChI is InChI=1S/C14H16BrFN2O/c1-3-6-18-13(12(15)8-17-18)14(19)11-5-4-10(16)7-9(11)2/h4-5,7-8,14,19H,3,6H2,1-2H3. The molecule has 0 bridgehead atoms. The number of hydrogen-bond acceptors (Lipinski definition) is 2. The van der Waals surface area contributed by atoms with Gasteiger partial charge in [0.05, 0.1) is 16.4 Å². The van der Waals surface area contributed by atoms with Crippen molar-refractivity contribution in [2.45, 2.75) is 32.9 Å². The molecule has 0 saturated carbocycles. The molecule has 0 aliphatic carbocycles. The predicted molar refractivity (Wildman–Crippen MR) is 75.4 cm³/mol. The van der Waals surface area contributed by atoms with Gasteiger partial charge in [0.15, 0.2) is 0 Å². The second-order valence-corrected chi connectivity index (χ2v) is 5.36. The molecule has 1 N–H and O–H groups in total. The van der Waals surface area contributed by atoms with Gasteiger partial charge in [-0.25, -0.2) is 4.39 Å². The molecule has 2 rings (SSSR count). The number of aromatic nitrogens is 2. The fourth-order valence-electron chi connectivity index (χ4n) is 2.13. The summed E-state index contributed by atoms with van der Waals surface area (Å²) >= 11 is 3.41. The number of aliphatic hydroxyl groups is 1. The van der Waals surface area contributed by atoms with Crippen molar-refractivity contribution in [3.63, 3.8) is 0 Å². The minimum absolute atomic E-state index is 0.297. The molecule has 3 nitrogen and oxygen atoms in total. The topological polar surface area (TPSA) is 38.0 Å². The van der Waals surface area contributed by atoms with E-state index in [4.69, 9.17) is 0 Å². The Morgan fingerprint density at radius 2 is 2.21 bits per heavy atom. The van der Waals surface area contributed by atoms with Gasteiger partial charge in [-0.2, -0.15) is 5.10 Å². The van der Waals surface area contributed by atoms with E-state index < -0.39 is 6.10 Å². The zero-order valence-corrected chi connectivity index (χ0v) is 12.5. The maximum atomic E-state index is 13.1. The Kier molecular flexibility index (Phi) is 4.37. The number of rotatable bonds is 4. The van der Waals surface area contributed by atoms with Gasteiger partial charge in [0.2, 0.25) is 0 Å². The van der Waals surface area contributed by atoms with Crippen molar-refractivity contribution in [2.24, 2.45) is 0 Å². The molecule has 0 amide bonds. The molecular formula is C14H16BrFN2O. The van der Waals surface area contributed by atoms with Crippen LogP contribution in [0.3, 0.4) is 0 Å². The van der Waals surface area contributed by atoms with Crippen LogP contribution < -0.4 is 0 Å². The van der Waals surface area contributed by atoms with Crippen molar-refractivity contribution in [3.05, 3.63) is 51.5 Å². The van der Waals surface area contributed by atoms with E-state index in [9.17, 15) is 9.50 Å². The summed E-state index contributed by atoms with van der Waals surface area (Å²) < 4.78 is 15.7. The average molecular weight is 327 g/mol. The molecule has 1 heterocycles. The zero-order valence-electron chi connectivity index (χ0n) is 10.9. The van der Waals surface area contributed by atoms with Gasteiger partial charge in [0.25, 0.3) is 0 Å².